The van der Waals surface area contributed by atoms with Crippen LogP contribution in [0.1, 0.15) is 39.5 Å². The highest BCUT2D eigenvalue weighted by Gasteiger charge is 2.27. The lowest BCUT2D eigenvalue weighted by Gasteiger charge is -2.40. The van der Waals surface area contributed by atoms with Crippen molar-refractivity contribution >= 4 is 23.3 Å². The third-order valence-electron chi connectivity index (χ3n) is 5.00. The Kier molecular flexibility index (Phi) is 7.25. The molecule has 1 aromatic heterocycles. The zero-order valence-corrected chi connectivity index (χ0v) is 17.5. The second-order valence-corrected chi connectivity index (χ2v) is 7.64. The van der Waals surface area contributed by atoms with Gasteiger partial charge in [0.2, 0.25) is 11.8 Å². The first-order valence-electron chi connectivity index (χ1n) is 9.97. The number of unbranched alkanes of at least 4 members (excludes halogenated alkanes) is 2. The summed E-state index contributed by atoms with van der Waals surface area (Å²) in [5.41, 5.74) is 0. The summed E-state index contributed by atoms with van der Waals surface area (Å²) in [6.07, 6.45) is 5.18. The molecular weight excluding hydrogens is 395 g/mol. The van der Waals surface area contributed by atoms with E-state index in [1.165, 1.54) is 24.5 Å². The SMILES string of the molecule is CCCCCC(=O)N1CCN(c2cc(Oc3ccc(F)cc3Cl)ncn2)C[C@@H]1C. The fraction of sp³-hybridized carbons (Fsp3) is 0.476. The number of rotatable bonds is 7. The Morgan fingerprint density at radius 1 is 1.28 bits per heavy atom. The van der Waals surface area contributed by atoms with Crippen molar-refractivity contribution in [1.29, 1.82) is 0 Å². The van der Waals surface area contributed by atoms with E-state index in [9.17, 15) is 9.18 Å². The van der Waals surface area contributed by atoms with E-state index < -0.39 is 5.82 Å². The van der Waals surface area contributed by atoms with Gasteiger partial charge in [0.05, 0.1) is 5.02 Å². The molecule has 2 heterocycles. The van der Waals surface area contributed by atoms with Crippen molar-refractivity contribution in [3.8, 4) is 11.6 Å². The molecule has 0 radical (unpaired) electrons. The number of piperazine rings is 1. The van der Waals surface area contributed by atoms with Crippen LogP contribution in [0.3, 0.4) is 0 Å². The summed E-state index contributed by atoms with van der Waals surface area (Å²) in [7, 11) is 0. The molecule has 3 rings (SSSR count). The van der Waals surface area contributed by atoms with Crippen molar-refractivity contribution in [3.05, 3.63) is 41.4 Å². The smallest absolute Gasteiger partial charge is 0.224 e. The quantitative estimate of drug-likeness (QED) is 0.609. The minimum atomic E-state index is -0.429. The van der Waals surface area contributed by atoms with Crippen LogP contribution in [0.5, 0.6) is 11.6 Å². The summed E-state index contributed by atoms with van der Waals surface area (Å²) >= 11 is 6.02. The molecule has 0 bridgehead atoms. The number of aromatic nitrogens is 2. The van der Waals surface area contributed by atoms with E-state index in [0.717, 1.165) is 25.1 Å². The third-order valence-corrected chi connectivity index (χ3v) is 5.30. The van der Waals surface area contributed by atoms with Crippen molar-refractivity contribution in [2.24, 2.45) is 0 Å². The van der Waals surface area contributed by atoms with Gasteiger partial charge in [-0.2, -0.15) is 0 Å². The van der Waals surface area contributed by atoms with Crippen LogP contribution in [-0.2, 0) is 4.79 Å². The second kappa shape index (κ2) is 9.87. The zero-order valence-electron chi connectivity index (χ0n) is 16.8. The van der Waals surface area contributed by atoms with Gasteiger partial charge in [0.15, 0.2) is 0 Å². The first-order valence-corrected chi connectivity index (χ1v) is 10.3. The molecule has 1 atom stereocenters. The summed E-state index contributed by atoms with van der Waals surface area (Å²) in [6, 6.07) is 5.76. The van der Waals surface area contributed by atoms with Crippen LogP contribution in [0, 0.1) is 5.82 Å². The fourth-order valence-corrected chi connectivity index (χ4v) is 3.64. The lowest BCUT2D eigenvalue weighted by atomic mass is 10.1. The maximum absolute atomic E-state index is 13.2. The highest BCUT2D eigenvalue weighted by Crippen LogP contribution is 2.30. The molecule has 1 aliphatic heterocycles. The zero-order chi connectivity index (χ0) is 20.8. The number of amides is 1. The molecule has 6 nitrogen and oxygen atoms in total. The summed E-state index contributed by atoms with van der Waals surface area (Å²) in [5, 5.41) is 0.175. The highest BCUT2D eigenvalue weighted by atomic mass is 35.5. The average Bonchev–Trinajstić information content (AvgIpc) is 2.70. The number of anilines is 1. The molecule has 0 unspecified atom stereocenters. The Balaban J connectivity index is 1.63. The van der Waals surface area contributed by atoms with Gasteiger partial charge >= 0.3 is 0 Å². The van der Waals surface area contributed by atoms with Crippen LogP contribution in [0.4, 0.5) is 10.2 Å². The topological polar surface area (TPSA) is 58.6 Å². The molecule has 156 valence electrons. The Morgan fingerprint density at radius 3 is 2.83 bits per heavy atom. The predicted molar refractivity (Wildman–Crippen MR) is 111 cm³/mol. The minimum absolute atomic E-state index is 0.101. The first kappa shape index (κ1) is 21.3. The third kappa shape index (κ3) is 5.56. The normalized spacial score (nSPS) is 16.8. The van der Waals surface area contributed by atoms with Crippen LogP contribution >= 0.6 is 11.6 Å². The number of carbonyl (C=O) groups excluding carboxylic acids is 1. The number of benzene rings is 1. The Labute approximate surface area is 175 Å². The van der Waals surface area contributed by atoms with Gasteiger partial charge in [0.1, 0.15) is 23.7 Å². The molecule has 29 heavy (non-hydrogen) atoms. The number of ether oxygens (including phenoxy) is 1. The number of carbonyl (C=O) groups is 1. The van der Waals surface area contributed by atoms with Gasteiger partial charge in [0, 0.05) is 38.2 Å². The van der Waals surface area contributed by atoms with E-state index in [2.05, 4.69) is 28.7 Å². The number of halogens is 2. The van der Waals surface area contributed by atoms with Crippen molar-refractivity contribution < 1.29 is 13.9 Å². The van der Waals surface area contributed by atoms with Gasteiger partial charge in [-0.3, -0.25) is 4.79 Å². The molecule has 1 amide bonds. The van der Waals surface area contributed by atoms with Crippen LogP contribution in [0.25, 0.3) is 0 Å². The van der Waals surface area contributed by atoms with Crippen molar-refractivity contribution in [2.45, 2.75) is 45.6 Å². The molecule has 1 aromatic carbocycles. The van der Waals surface area contributed by atoms with Crippen LogP contribution in [0.15, 0.2) is 30.6 Å². The Bertz CT molecular complexity index is 851. The van der Waals surface area contributed by atoms with Crippen molar-refractivity contribution in [1.82, 2.24) is 14.9 Å². The van der Waals surface area contributed by atoms with Gasteiger partial charge in [0.25, 0.3) is 0 Å². The molecule has 8 heteroatoms. The van der Waals surface area contributed by atoms with E-state index in [4.69, 9.17) is 16.3 Å². The molecule has 0 aliphatic carbocycles. The van der Waals surface area contributed by atoms with E-state index in [0.29, 0.717) is 37.7 Å². The van der Waals surface area contributed by atoms with Gasteiger partial charge < -0.3 is 14.5 Å². The molecule has 1 aliphatic rings. The van der Waals surface area contributed by atoms with E-state index >= 15 is 0 Å². The molecule has 2 aromatic rings. The van der Waals surface area contributed by atoms with Crippen LogP contribution in [-0.4, -0.2) is 46.5 Å². The van der Waals surface area contributed by atoms with E-state index in [1.54, 1.807) is 6.07 Å². The monoisotopic (exact) mass is 420 g/mol. The summed E-state index contributed by atoms with van der Waals surface area (Å²) in [4.78, 5) is 25.0. The largest absolute Gasteiger partial charge is 0.437 e. The van der Waals surface area contributed by atoms with Crippen molar-refractivity contribution in [3.63, 3.8) is 0 Å². The summed E-state index contributed by atoms with van der Waals surface area (Å²) in [6.45, 7) is 6.23. The lowest BCUT2D eigenvalue weighted by molar-refractivity contribution is -0.133. The van der Waals surface area contributed by atoms with Crippen molar-refractivity contribution in [2.75, 3.05) is 24.5 Å². The molecule has 0 spiro atoms. The molecular formula is C21H26ClFN4O2. The summed E-state index contributed by atoms with van der Waals surface area (Å²) in [5.74, 6) is 1.17. The van der Waals surface area contributed by atoms with Crippen LogP contribution < -0.4 is 9.64 Å². The fourth-order valence-electron chi connectivity index (χ4n) is 3.44. The van der Waals surface area contributed by atoms with Gasteiger partial charge in [-0.05, 0) is 31.5 Å². The number of hydrogen-bond acceptors (Lipinski definition) is 5. The van der Waals surface area contributed by atoms with Crippen LogP contribution in [0.2, 0.25) is 5.02 Å². The standard InChI is InChI=1S/C21H26ClFN4O2/c1-3-4-5-6-21(28)27-10-9-26(13-15(27)2)19-12-20(25-14-24-19)29-18-8-7-16(23)11-17(18)22/h7-8,11-12,14-15H,3-6,9-10,13H2,1-2H3/t15-/m0/s1. The molecule has 1 saturated heterocycles. The number of nitrogens with zero attached hydrogens (tertiary/aromatic N) is 4. The van der Waals surface area contributed by atoms with E-state index in [1.807, 2.05) is 4.90 Å². The Hall–Kier alpha value is -2.41. The predicted octanol–water partition coefficient (Wildman–Crippen LogP) is 4.68. The second-order valence-electron chi connectivity index (χ2n) is 7.23. The molecule has 1 fully saturated rings. The van der Waals surface area contributed by atoms with Gasteiger partial charge in [-0.15, -0.1) is 0 Å². The Morgan fingerprint density at radius 2 is 2.10 bits per heavy atom. The molecule has 0 saturated carbocycles. The minimum Gasteiger partial charge on any atom is -0.437 e. The maximum atomic E-state index is 13.2. The lowest BCUT2D eigenvalue weighted by Crippen LogP contribution is -2.54. The van der Waals surface area contributed by atoms with Gasteiger partial charge in [-0.25, -0.2) is 14.4 Å². The summed E-state index contributed by atoms with van der Waals surface area (Å²) < 4.78 is 18.9. The highest BCUT2D eigenvalue weighted by molar-refractivity contribution is 6.32. The van der Waals surface area contributed by atoms with E-state index in [-0.39, 0.29) is 17.0 Å². The first-order chi connectivity index (χ1) is 14.0. The average molecular weight is 421 g/mol. The number of hydrogen-bond donors (Lipinski definition) is 0. The van der Waals surface area contributed by atoms with Gasteiger partial charge in [-0.1, -0.05) is 31.4 Å². The molecule has 0 N–H and O–H groups in total. The maximum Gasteiger partial charge on any atom is 0.224 e.